The van der Waals surface area contributed by atoms with Crippen molar-refractivity contribution in [1.29, 1.82) is 0 Å². The molecule has 120 valence electrons. The highest BCUT2D eigenvalue weighted by atomic mass is 79.9. The summed E-state index contributed by atoms with van der Waals surface area (Å²) in [6.45, 7) is 6.97. The van der Waals surface area contributed by atoms with E-state index in [0.29, 0.717) is 23.4 Å². The maximum Gasteiger partial charge on any atom is 0.274 e. The summed E-state index contributed by atoms with van der Waals surface area (Å²) in [5.41, 5.74) is 2.71. The van der Waals surface area contributed by atoms with Crippen molar-refractivity contribution in [2.45, 2.75) is 13.8 Å². The molecule has 6 nitrogen and oxygen atoms in total. The summed E-state index contributed by atoms with van der Waals surface area (Å²) in [5.74, 6) is 0.935. The fourth-order valence-electron chi connectivity index (χ4n) is 2.75. The van der Waals surface area contributed by atoms with E-state index in [0.717, 1.165) is 24.5 Å². The van der Waals surface area contributed by atoms with Gasteiger partial charge in [-0.25, -0.2) is 15.0 Å². The van der Waals surface area contributed by atoms with E-state index in [1.54, 1.807) is 6.20 Å². The summed E-state index contributed by atoms with van der Waals surface area (Å²) < 4.78 is 0.625. The van der Waals surface area contributed by atoms with E-state index in [4.69, 9.17) is 0 Å². The number of carbonyl (C=O) groups excluding carboxylic acids is 1. The first-order valence-corrected chi connectivity index (χ1v) is 8.29. The van der Waals surface area contributed by atoms with Gasteiger partial charge in [0.1, 0.15) is 16.1 Å². The van der Waals surface area contributed by atoms with Crippen LogP contribution in [0.1, 0.15) is 21.6 Å². The van der Waals surface area contributed by atoms with E-state index in [9.17, 15) is 4.79 Å². The minimum Gasteiger partial charge on any atom is -0.353 e. The Bertz CT molecular complexity index is 711. The number of anilines is 1. The number of hydrogen-bond donors (Lipinski definition) is 0. The molecule has 23 heavy (non-hydrogen) atoms. The van der Waals surface area contributed by atoms with Crippen LogP contribution in [-0.2, 0) is 0 Å². The molecule has 0 bridgehead atoms. The lowest BCUT2D eigenvalue weighted by Gasteiger charge is -2.35. The van der Waals surface area contributed by atoms with Gasteiger partial charge in [0.05, 0.1) is 12.4 Å². The maximum atomic E-state index is 12.4. The Morgan fingerprint density at radius 3 is 2.39 bits per heavy atom. The number of rotatable bonds is 2. The standard InChI is InChI=1S/C16H18BrN5O/c1-11-7-12(2)15(20-8-11)21-3-5-22(6-4-21)16(23)13-9-19-14(17)10-18-13/h7-10H,3-6H2,1-2H3. The van der Waals surface area contributed by atoms with E-state index in [1.807, 2.05) is 18.0 Å². The summed E-state index contributed by atoms with van der Waals surface area (Å²) in [5, 5.41) is 0. The van der Waals surface area contributed by atoms with Crippen LogP contribution in [0.5, 0.6) is 0 Å². The molecule has 2 aromatic rings. The molecule has 1 fully saturated rings. The molecule has 0 aromatic carbocycles. The molecule has 0 spiro atoms. The van der Waals surface area contributed by atoms with Crippen LogP contribution in [0.25, 0.3) is 0 Å². The van der Waals surface area contributed by atoms with Crippen LogP contribution in [0.3, 0.4) is 0 Å². The van der Waals surface area contributed by atoms with Gasteiger partial charge in [0.15, 0.2) is 0 Å². The van der Waals surface area contributed by atoms with E-state index in [2.05, 4.69) is 48.8 Å². The average molecular weight is 376 g/mol. The minimum atomic E-state index is -0.0711. The highest BCUT2D eigenvalue weighted by molar-refractivity contribution is 9.10. The van der Waals surface area contributed by atoms with Gasteiger partial charge in [0.2, 0.25) is 0 Å². The van der Waals surface area contributed by atoms with Gasteiger partial charge in [-0.15, -0.1) is 0 Å². The topological polar surface area (TPSA) is 62.2 Å². The maximum absolute atomic E-state index is 12.4. The molecule has 1 aliphatic heterocycles. The molecule has 0 aliphatic carbocycles. The van der Waals surface area contributed by atoms with Crippen LogP contribution in [0.2, 0.25) is 0 Å². The molecule has 1 amide bonds. The molecule has 2 aromatic heterocycles. The predicted molar refractivity (Wildman–Crippen MR) is 91.6 cm³/mol. The highest BCUT2D eigenvalue weighted by Crippen LogP contribution is 2.19. The molecule has 1 aliphatic rings. The van der Waals surface area contributed by atoms with Gasteiger partial charge < -0.3 is 9.80 Å². The Morgan fingerprint density at radius 1 is 1.04 bits per heavy atom. The largest absolute Gasteiger partial charge is 0.353 e. The van der Waals surface area contributed by atoms with Crippen LogP contribution in [0.4, 0.5) is 5.82 Å². The predicted octanol–water partition coefficient (Wildman–Crippen LogP) is 2.21. The summed E-state index contributed by atoms with van der Waals surface area (Å²) >= 11 is 3.22. The van der Waals surface area contributed by atoms with Gasteiger partial charge in [-0.05, 0) is 40.9 Å². The number of aryl methyl sites for hydroxylation is 2. The molecule has 1 saturated heterocycles. The number of pyridine rings is 1. The first kappa shape index (κ1) is 15.9. The van der Waals surface area contributed by atoms with Gasteiger partial charge in [0, 0.05) is 32.4 Å². The molecular formula is C16H18BrN5O. The van der Waals surface area contributed by atoms with Crippen molar-refractivity contribution in [3.8, 4) is 0 Å². The summed E-state index contributed by atoms with van der Waals surface area (Å²) in [7, 11) is 0. The quantitative estimate of drug-likeness (QED) is 0.804. The number of amides is 1. The Kier molecular flexibility index (Phi) is 4.56. The molecular weight excluding hydrogens is 358 g/mol. The van der Waals surface area contributed by atoms with Crippen LogP contribution >= 0.6 is 15.9 Å². The second-order valence-corrected chi connectivity index (χ2v) is 6.47. The van der Waals surface area contributed by atoms with Crippen LogP contribution in [0, 0.1) is 13.8 Å². The van der Waals surface area contributed by atoms with Crippen LogP contribution in [0.15, 0.2) is 29.3 Å². The van der Waals surface area contributed by atoms with Gasteiger partial charge in [0.25, 0.3) is 5.91 Å². The van der Waals surface area contributed by atoms with E-state index >= 15 is 0 Å². The Balaban J connectivity index is 1.66. The van der Waals surface area contributed by atoms with E-state index in [-0.39, 0.29) is 5.91 Å². The molecule has 0 N–H and O–H groups in total. The fourth-order valence-corrected chi connectivity index (χ4v) is 2.95. The van der Waals surface area contributed by atoms with E-state index < -0.39 is 0 Å². The lowest BCUT2D eigenvalue weighted by atomic mass is 10.2. The number of piperazine rings is 1. The second-order valence-electron chi connectivity index (χ2n) is 5.66. The SMILES string of the molecule is Cc1cnc(N2CCN(C(=O)c3cnc(Br)cn3)CC2)c(C)c1. The third kappa shape index (κ3) is 3.50. The van der Waals surface area contributed by atoms with Crippen molar-refractivity contribution in [1.82, 2.24) is 19.9 Å². The lowest BCUT2D eigenvalue weighted by Crippen LogP contribution is -2.49. The number of aromatic nitrogens is 3. The highest BCUT2D eigenvalue weighted by Gasteiger charge is 2.24. The molecule has 0 saturated carbocycles. The summed E-state index contributed by atoms with van der Waals surface area (Å²) in [6, 6.07) is 2.14. The van der Waals surface area contributed by atoms with Gasteiger partial charge in [-0.2, -0.15) is 0 Å². The van der Waals surface area contributed by atoms with Crippen molar-refractivity contribution in [3.05, 3.63) is 46.1 Å². The number of hydrogen-bond acceptors (Lipinski definition) is 5. The molecule has 0 radical (unpaired) electrons. The van der Waals surface area contributed by atoms with Gasteiger partial charge in [-0.3, -0.25) is 4.79 Å². The van der Waals surface area contributed by atoms with E-state index in [1.165, 1.54) is 11.8 Å². The summed E-state index contributed by atoms with van der Waals surface area (Å²) in [6.07, 6.45) is 4.94. The Morgan fingerprint density at radius 2 is 1.78 bits per heavy atom. The fraction of sp³-hybridized carbons (Fsp3) is 0.375. The molecule has 0 unspecified atom stereocenters. The van der Waals surface area contributed by atoms with Crippen LogP contribution in [-0.4, -0.2) is 51.9 Å². The van der Waals surface area contributed by atoms with Crippen molar-refractivity contribution in [2.75, 3.05) is 31.1 Å². The lowest BCUT2D eigenvalue weighted by molar-refractivity contribution is 0.0740. The first-order valence-electron chi connectivity index (χ1n) is 7.49. The van der Waals surface area contributed by atoms with Crippen molar-refractivity contribution in [2.24, 2.45) is 0 Å². The Hall–Kier alpha value is -2.02. The zero-order chi connectivity index (χ0) is 16.4. The number of nitrogens with zero attached hydrogens (tertiary/aromatic N) is 5. The normalized spacial score (nSPS) is 14.9. The number of carbonyl (C=O) groups is 1. The number of halogens is 1. The smallest absolute Gasteiger partial charge is 0.274 e. The zero-order valence-corrected chi connectivity index (χ0v) is 14.7. The average Bonchev–Trinajstić information content (AvgIpc) is 2.55. The molecule has 3 rings (SSSR count). The van der Waals surface area contributed by atoms with Crippen molar-refractivity contribution < 1.29 is 4.79 Å². The molecule has 7 heteroatoms. The molecule has 3 heterocycles. The van der Waals surface area contributed by atoms with Crippen molar-refractivity contribution >= 4 is 27.7 Å². The monoisotopic (exact) mass is 375 g/mol. The van der Waals surface area contributed by atoms with Gasteiger partial charge >= 0.3 is 0 Å². The first-order chi connectivity index (χ1) is 11.0. The second kappa shape index (κ2) is 6.62. The summed E-state index contributed by atoms with van der Waals surface area (Å²) in [4.78, 5) is 29.2. The van der Waals surface area contributed by atoms with Crippen molar-refractivity contribution in [3.63, 3.8) is 0 Å². The third-order valence-electron chi connectivity index (χ3n) is 3.89. The molecule has 0 atom stereocenters. The zero-order valence-electron chi connectivity index (χ0n) is 13.2. The Labute approximate surface area is 143 Å². The van der Waals surface area contributed by atoms with Gasteiger partial charge in [-0.1, -0.05) is 6.07 Å². The third-order valence-corrected chi connectivity index (χ3v) is 4.30. The van der Waals surface area contributed by atoms with Crippen LogP contribution < -0.4 is 4.90 Å². The minimum absolute atomic E-state index is 0.0711.